The van der Waals surface area contributed by atoms with Crippen molar-refractivity contribution >= 4 is 29.9 Å². The molecule has 1 fully saturated rings. The molecule has 9 heteroatoms. The van der Waals surface area contributed by atoms with Crippen LogP contribution in [0.15, 0.2) is 18.2 Å². The molecular formula is C15H21ClN4O4. The monoisotopic (exact) mass is 356 g/mol. The number of nitro benzene ring substituents is 1. The number of nitrogens with zero attached hydrogens (tertiary/aromatic N) is 3. The maximum atomic E-state index is 12.4. The predicted molar refractivity (Wildman–Crippen MR) is 91.5 cm³/mol. The summed E-state index contributed by atoms with van der Waals surface area (Å²) < 4.78 is 0. The molecule has 0 aromatic heterocycles. The highest BCUT2D eigenvalue weighted by atomic mass is 35.5. The second kappa shape index (κ2) is 8.60. The van der Waals surface area contributed by atoms with Gasteiger partial charge in [0.25, 0.3) is 11.6 Å². The van der Waals surface area contributed by atoms with Gasteiger partial charge in [0, 0.05) is 50.4 Å². The zero-order valence-electron chi connectivity index (χ0n) is 13.7. The second-order valence-electron chi connectivity index (χ2n) is 5.55. The summed E-state index contributed by atoms with van der Waals surface area (Å²) in [4.78, 5) is 37.9. The van der Waals surface area contributed by atoms with Crippen LogP contribution in [0.5, 0.6) is 0 Å². The summed E-state index contributed by atoms with van der Waals surface area (Å²) >= 11 is 0. The molecule has 1 heterocycles. The molecule has 0 radical (unpaired) electrons. The summed E-state index contributed by atoms with van der Waals surface area (Å²) in [7, 11) is 1.55. The molecule has 24 heavy (non-hydrogen) atoms. The van der Waals surface area contributed by atoms with E-state index in [1.807, 2.05) is 0 Å². The molecule has 0 saturated carbocycles. The van der Waals surface area contributed by atoms with Crippen LogP contribution >= 0.6 is 12.4 Å². The number of amides is 2. The Morgan fingerprint density at radius 1 is 1.33 bits per heavy atom. The molecule has 1 aliphatic rings. The highest BCUT2D eigenvalue weighted by molar-refractivity contribution is 5.96. The molecule has 1 aromatic carbocycles. The molecule has 0 bridgehead atoms. The van der Waals surface area contributed by atoms with Gasteiger partial charge < -0.3 is 15.1 Å². The van der Waals surface area contributed by atoms with E-state index in [9.17, 15) is 19.7 Å². The third-order valence-electron chi connectivity index (χ3n) is 3.83. The van der Waals surface area contributed by atoms with Gasteiger partial charge in [-0.25, -0.2) is 0 Å². The number of aryl methyl sites for hydroxylation is 1. The van der Waals surface area contributed by atoms with Crippen molar-refractivity contribution in [1.29, 1.82) is 0 Å². The Labute approximate surface area is 146 Å². The van der Waals surface area contributed by atoms with Gasteiger partial charge in [-0.3, -0.25) is 19.7 Å². The third-order valence-corrected chi connectivity index (χ3v) is 3.83. The van der Waals surface area contributed by atoms with Crippen LogP contribution in [0.4, 0.5) is 5.69 Å². The van der Waals surface area contributed by atoms with E-state index in [-0.39, 0.29) is 36.5 Å². The molecule has 0 spiro atoms. The quantitative estimate of drug-likeness (QED) is 0.636. The van der Waals surface area contributed by atoms with E-state index in [0.29, 0.717) is 24.2 Å². The molecule has 0 aliphatic carbocycles. The van der Waals surface area contributed by atoms with Gasteiger partial charge in [0.2, 0.25) is 5.91 Å². The zero-order valence-corrected chi connectivity index (χ0v) is 14.5. The SMILES string of the molecule is Cc1cc(C(=O)N(C)CC(=O)N2CCNCC2)ccc1[N+](=O)[O-].Cl. The van der Waals surface area contributed by atoms with Gasteiger partial charge >= 0.3 is 0 Å². The van der Waals surface area contributed by atoms with Crippen molar-refractivity contribution in [2.24, 2.45) is 0 Å². The Bertz CT molecular complexity index is 632. The van der Waals surface area contributed by atoms with Crippen molar-refractivity contribution in [3.05, 3.63) is 39.4 Å². The number of carbonyl (C=O) groups excluding carboxylic acids is 2. The Morgan fingerprint density at radius 2 is 1.96 bits per heavy atom. The molecule has 2 rings (SSSR count). The molecular weight excluding hydrogens is 336 g/mol. The molecule has 2 amide bonds. The molecule has 0 atom stereocenters. The number of halogens is 1. The Balaban J connectivity index is 0.00000288. The van der Waals surface area contributed by atoms with Crippen LogP contribution in [-0.2, 0) is 4.79 Å². The summed E-state index contributed by atoms with van der Waals surface area (Å²) in [5.41, 5.74) is 0.729. The fourth-order valence-corrected chi connectivity index (χ4v) is 2.50. The average Bonchev–Trinajstić information content (AvgIpc) is 2.54. The van der Waals surface area contributed by atoms with Crippen LogP contribution in [0.2, 0.25) is 0 Å². The van der Waals surface area contributed by atoms with Gasteiger partial charge in [-0.2, -0.15) is 0 Å². The van der Waals surface area contributed by atoms with E-state index in [1.54, 1.807) is 18.9 Å². The first-order valence-corrected chi connectivity index (χ1v) is 7.39. The molecule has 0 unspecified atom stereocenters. The predicted octanol–water partition coefficient (Wildman–Crippen LogP) is 0.829. The number of nitro groups is 1. The van der Waals surface area contributed by atoms with E-state index >= 15 is 0 Å². The topological polar surface area (TPSA) is 95.8 Å². The number of carbonyl (C=O) groups is 2. The van der Waals surface area contributed by atoms with Gasteiger partial charge in [0.05, 0.1) is 11.5 Å². The lowest BCUT2D eigenvalue weighted by Crippen LogP contribution is -2.49. The van der Waals surface area contributed by atoms with Crippen molar-refractivity contribution in [3.63, 3.8) is 0 Å². The van der Waals surface area contributed by atoms with E-state index in [1.165, 1.54) is 23.1 Å². The number of piperazine rings is 1. The summed E-state index contributed by atoms with van der Waals surface area (Å²) in [5.74, 6) is -0.424. The minimum Gasteiger partial charge on any atom is -0.339 e. The smallest absolute Gasteiger partial charge is 0.272 e. The van der Waals surface area contributed by atoms with Gasteiger partial charge in [-0.05, 0) is 19.1 Å². The van der Waals surface area contributed by atoms with Crippen LogP contribution in [0.1, 0.15) is 15.9 Å². The van der Waals surface area contributed by atoms with Crippen LogP contribution in [0.3, 0.4) is 0 Å². The molecule has 8 nitrogen and oxygen atoms in total. The average molecular weight is 357 g/mol. The van der Waals surface area contributed by atoms with Gasteiger partial charge in [0.15, 0.2) is 0 Å². The van der Waals surface area contributed by atoms with E-state index in [0.717, 1.165) is 13.1 Å². The van der Waals surface area contributed by atoms with Gasteiger partial charge in [0.1, 0.15) is 0 Å². The van der Waals surface area contributed by atoms with Crippen molar-refractivity contribution in [2.75, 3.05) is 39.8 Å². The van der Waals surface area contributed by atoms with E-state index < -0.39 is 4.92 Å². The summed E-state index contributed by atoms with van der Waals surface area (Å²) in [5, 5.41) is 14.0. The lowest BCUT2D eigenvalue weighted by Gasteiger charge is -2.29. The zero-order chi connectivity index (χ0) is 17.0. The summed E-state index contributed by atoms with van der Waals surface area (Å²) in [6, 6.07) is 4.21. The van der Waals surface area contributed by atoms with Crippen molar-refractivity contribution in [3.8, 4) is 0 Å². The summed E-state index contributed by atoms with van der Waals surface area (Å²) in [6.07, 6.45) is 0. The first-order valence-electron chi connectivity index (χ1n) is 7.39. The minimum absolute atomic E-state index is 0. The molecule has 1 aromatic rings. The standard InChI is InChI=1S/C15H20N4O4.ClH/c1-11-9-12(3-4-13(11)19(22)23)15(21)17(2)10-14(20)18-7-5-16-6-8-18;/h3-4,9,16H,5-8,10H2,1-2H3;1H. The summed E-state index contributed by atoms with van der Waals surface area (Å²) in [6.45, 7) is 4.36. The number of likely N-dealkylation sites (N-methyl/N-ethyl adjacent to an activating group) is 1. The maximum absolute atomic E-state index is 12.4. The van der Waals surface area contributed by atoms with Crippen LogP contribution < -0.4 is 5.32 Å². The van der Waals surface area contributed by atoms with Crippen molar-refractivity contribution in [2.45, 2.75) is 6.92 Å². The van der Waals surface area contributed by atoms with Crippen molar-refractivity contribution < 1.29 is 14.5 Å². The van der Waals surface area contributed by atoms with Gasteiger partial charge in [-0.1, -0.05) is 0 Å². The Morgan fingerprint density at radius 3 is 2.50 bits per heavy atom. The first kappa shape index (κ1) is 19.9. The molecule has 132 valence electrons. The molecule has 1 N–H and O–H groups in total. The van der Waals surface area contributed by atoms with Crippen LogP contribution in [-0.4, -0.2) is 66.3 Å². The molecule has 1 aliphatic heterocycles. The second-order valence-corrected chi connectivity index (χ2v) is 5.55. The Kier molecular flexibility index (Phi) is 7.12. The maximum Gasteiger partial charge on any atom is 0.272 e. The van der Waals surface area contributed by atoms with Crippen LogP contribution in [0, 0.1) is 17.0 Å². The number of hydrogen-bond acceptors (Lipinski definition) is 5. The fourth-order valence-electron chi connectivity index (χ4n) is 2.50. The largest absolute Gasteiger partial charge is 0.339 e. The van der Waals surface area contributed by atoms with Crippen molar-refractivity contribution in [1.82, 2.24) is 15.1 Å². The normalized spacial score (nSPS) is 13.8. The molecule has 1 saturated heterocycles. The lowest BCUT2D eigenvalue weighted by atomic mass is 10.1. The highest BCUT2D eigenvalue weighted by Crippen LogP contribution is 2.19. The van der Waals surface area contributed by atoms with E-state index in [4.69, 9.17) is 0 Å². The number of rotatable bonds is 4. The Hall–Kier alpha value is -2.19. The number of nitrogens with one attached hydrogen (secondary N) is 1. The number of hydrogen-bond donors (Lipinski definition) is 1. The first-order chi connectivity index (χ1) is 10.9. The fraction of sp³-hybridized carbons (Fsp3) is 0.467. The van der Waals surface area contributed by atoms with Crippen LogP contribution in [0.25, 0.3) is 0 Å². The lowest BCUT2D eigenvalue weighted by molar-refractivity contribution is -0.385. The van der Waals surface area contributed by atoms with Gasteiger partial charge in [-0.15, -0.1) is 12.4 Å². The van der Waals surface area contributed by atoms with E-state index in [2.05, 4.69) is 5.32 Å². The highest BCUT2D eigenvalue weighted by Gasteiger charge is 2.21. The minimum atomic E-state index is -0.485. The number of benzene rings is 1. The third kappa shape index (κ3) is 4.65.